The van der Waals surface area contributed by atoms with Gasteiger partial charge in [-0.25, -0.2) is 0 Å². The predicted octanol–water partition coefficient (Wildman–Crippen LogP) is 5.58. The van der Waals surface area contributed by atoms with E-state index in [0.29, 0.717) is 0 Å². The minimum atomic E-state index is -2.62. The lowest BCUT2D eigenvalue weighted by Crippen LogP contribution is -1.84. The first-order valence-electron chi connectivity index (χ1n) is 8.72. The van der Waals surface area contributed by atoms with Crippen LogP contribution < -0.4 is 0 Å². The van der Waals surface area contributed by atoms with Crippen LogP contribution in [0.4, 0.5) is 0 Å². The van der Waals surface area contributed by atoms with Crippen molar-refractivity contribution in [2.75, 3.05) is 12.3 Å². The fourth-order valence-corrected chi connectivity index (χ4v) is 3.44. The van der Waals surface area contributed by atoms with Crippen LogP contribution in [-0.2, 0) is 0 Å². The van der Waals surface area contributed by atoms with Gasteiger partial charge in [0.05, 0.1) is 0 Å². The van der Waals surface area contributed by atoms with E-state index in [-0.39, 0.29) is 0 Å². The van der Waals surface area contributed by atoms with E-state index < -0.39 is 8.60 Å². The zero-order valence-electron chi connectivity index (χ0n) is 14.2. The standard InChI is InChI=1S/C16H35P.H3O3P/c1-3-5-7-9-11-13-15-17-16-14-12-10-8-6-4-2;1-4(2)3/h17H,3-16H2,1-2H3;1-3H. The lowest BCUT2D eigenvalue weighted by molar-refractivity contribution is 0.368. The van der Waals surface area contributed by atoms with E-state index in [9.17, 15) is 0 Å². The van der Waals surface area contributed by atoms with Crippen molar-refractivity contribution in [1.29, 1.82) is 0 Å². The van der Waals surface area contributed by atoms with Crippen molar-refractivity contribution in [2.45, 2.75) is 90.9 Å². The molecule has 0 unspecified atom stereocenters. The SMILES string of the molecule is CCCCCCCCPCCCCCCCC.OP(O)O. The smallest absolute Gasteiger partial charge is 0.324 e. The van der Waals surface area contributed by atoms with Crippen molar-refractivity contribution in [3.63, 3.8) is 0 Å². The maximum atomic E-state index is 7.23. The van der Waals surface area contributed by atoms with Crippen LogP contribution in [0.15, 0.2) is 0 Å². The summed E-state index contributed by atoms with van der Waals surface area (Å²) in [4.78, 5) is 21.7. The molecule has 130 valence electrons. The minimum absolute atomic E-state index is 1.26. The summed E-state index contributed by atoms with van der Waals surface area (Å²) in [7, 11) is -1.36. The fraction of sp³-hybridized carbons (Fsp3) is 1.00. The summed E-state index contributed by atoms with van der Waals surface area (Å²) in [5.41, 5.74) is 0. The topological polar surface area (TPSA) is 60.7 Å². The predicted molar refractivity (Wildman–Crippen MR) is 98.4 cm³/mol. The molecule has 0 aromatic carbocycles. The van der Waals surface area contributed by atoms with Gasteiger partial charge in [-0.2, -0.15) is 0 Å². The van der Waals surface area contributed by atoms with Gasteiger partial charge in [-0.1, -0.05) is 78.1 Å². The van der Waals surface area contributed by atoms with Gasteiger partial charge in [0.15, 0.2) is 0 Å². The van der Waals surface area contributed by atoms with Crippen molar-refractivity contribution in [1.82, 2.24) is 0 Å². The minimum Gasteiger partial charge on any atom is -0.328 e. The van der Waals surface area contributed by atoms with Gasteiger partial charge in [0.2, 0.25) is 0 Å². The average Bonchev–Trinajstić information content (AvgIpc) is 2.43. The molecule has 3 N–H and O–H groups in total. The molecule has 0 rings (SSSR count). The van der Waals surface area contributed by atoms with Gasteiger partial charge in [-0.05, 0) is 25.2 Å². The van der Waals surface area contributed by atoms with Gasteiger partial charge >= 0.3 is 8.60 Å². The monoisotopic (exact) mass is 340 g/mol. The first-order chi connectivity index (χ1) is 10.1. The van der Waals surface area contributed by atoms with Crippen LogP contribution >= 0.6 is 17.2 Å². The van der Waals surface area contributed by atoms with Gasteiger partial charge in [-0.15, -0.1) is 8.58 Å². The molecule has 0 aliphatic carbocycles. The van der Waals surface area contributed by atoms with Crippen LogP contribution in [0.2, 0.25) is 0 Å². The van der Waals surface area contributed by atoms with E-state index in [1.165, 1.54) is 98.0 Å². The van der Waals surface area contributed by atoms with Gasteiger partial charge in [0, 0.05) is 0 Å². The molecule has 0 aliphatic rings. The van der Waals surface area contributed by atoms with Crippen molar-refractivity contribution >= 4 is 17.2 Å². The Bertz CT molecular complexity index is 153. The van der Waals surface area contributed by atoms with Crippen molar-refractivity contribution < 1.29 is 14.7 Å². The lowest BCUT2D eigenvalue weighted by Gasteiger charge is -2.03. The van der Waals surface area contributed by atoms with Crippen LogP contribution in [-0.4, -0.2) is 27.0 Å². The maximum Gasteiger partial charge on any atom is 0.324 e. The molecular formula is C16H38O3P2. The first-order valence-corrected chi connectivity index (χ1v) is 11.3. The molecule has 0 heterocycles. The van der Waals surface area contributed by atoms with Gasteiger partial charge in [0.25, 0.3) is 0 Å². The molecule has 21 heavy (non-hydrogen) atoms. The first kappa shape index (κ1) is 24.0. The number of hydrogen-bond acceptors (Lipinski definition) is 3. The molecule has 3 nitrogen and oxygen atoms in total. The number of unbranched alkanes of at least 4 members (excludes halogenated alkanes) is 10. The van der Waals surface area contributed by atoms with Crippen molar-refractivity contribution in [3.05, 3.63) is 0 Å². The second-order valence-electron chi connectivity index (χ2n) is 5.55. The quantitative estimate of drug-likeness (QED) is 0.286. The number of rotatable bonds is 14. The molecule has 5 heteroatoms. The molecule has 0 saturated heterocycles. The second-order valence-corrected chi connectivity index (χ2v) is 7.59. The van der Waals surface area contributed by atoms with Crippen LogP contribution in [0.3, 0.4) is 0 Å². The Balaban J connectivity index is 0. The Hall–Kier alpha value is 0.740. The second kappa shape index (κ2) is 23.0. The molecule has 0 radical (unpaired) electrons. The Kier molecular flexibility index (Phi) is 26.3. The molecule has 0 aromatic heterocycles. The molecule has 0 spiro atoms. The highest BCUT2D eigenvalue weighted by Gasteiger charge is 1.93. The Morgan fingerprint density at radius 2 is 0.857 bits per heavy atom. The highest BCUT2D eigenvalue weighted by atomic mass is 31.2. The lowest BCUT2D eigenvalue weighted by atomic mass is 10.1. The summed E-state index contributed by atoms with van der Waals surface area (Å²) >= 11 is 0. The largest absolute Gasteiger partial charge is 0.328 e. The van der Waals surface area contributed by atoms with Gasteiger partial charge in [-0.3, -0.25) is 0 Å². The van der Waals surface area contributed by atoms with Crippen molar-refractivity contribution in [3.8, 4) is 0 Å². The molecule has 0 saturated carbocycles. The highest BCUT2D eigenvalue weighted by Crippen LogP contribution is 2.17. The summed E-state index contributed by atoms with van der Waals surface area (Å²) in [6.07, 6.45) is 20.5. The molecule has 0 bridgehead atoms. The summed E-state index contributed by atoms with van der Waals surface area (Å²) in [5.74, 6) is 0. The Morgan fingerprint density at radius 3 is 1.19 bits per heavy atom. The van der Waals surface area contributed by atoms with Crippen molar-refractivity contribution in [2.24, 2.45) is 0 Å². The molecule has 0 aromatic rings. The van der Waals surface area contributed by atoms with E-state index in [1.807, 2.05) is 0 Å². The summed E-state index contributed by atoms with van der Waals surface area (Å²) in [6.45, 7) is 4.59. The summed E-state index contributed by atoms with van der Waals surface area (Å²) in [5, 5.41) is 0. The molecule has 0 atom stereocenters. The van der Waals surface area contributed by atoms with Crippen LogP contribution in [0.5, 0.6) is 0 Å². The Labute approximate surface area is 135 Å². The third-order valence-corrected chi connectivity index (χ3v) is 4.83. The summed E-state index contributed by atoms with van der Waals surface area (Å²) in [6, 6.07) is 0. The van der Waals surface area contributed by atoms with Gasteiger partial charge < -0.3 is 14.7 Å². The van der Waals surface area contributed by atoms with E-state index in [2.05, 4.69) is 13.8 Å². The van der Waals surface area contributed by atoms with Crippen LogP contribution in [0.25, 0.3) is 0 Å². The third kappa shape index (κ3) is 33.5. The Morgan fingerprint density at radius 1 is 0.571 bits per heavy atom. The van der Waals surface area contributed by atoms with E-state index in [1.54, 1.807) is 0 Å². The average molecular weight is 340 g/mol. The molecule has 0 aliphatic heterocycles. The molecule has 0 fully saturated rings. The van der Waals surface area contributed by atoms with E-state index >= 15 is 0 Å². The normalized spacial score (nSPS) is 10.6. The molecule has 0 amide bonds. The zero-order chi connectivity index (χ0) is 16.2. The number of hydrogen-bond donors (Lipinski definition) is 3. The molecular weight excluding hydrogens is 302 g/mol. The van der Waals surface area contributed by atoms with Gasteiger partial charge in [0.1, 0.15) is 0 Å². The van der Waals surface area contributed by atoms with Crippen LogP contribution in [0.1, 0.15) is 90.9 Å². The van der Waals surface area contributed by atoms with E-state index in [4.69, 9.17) is 14.7 Å². The zero-order valence-corrected chi connectivity index (χ0v) is 16.1. The summed E-state index contributed by atoms with van der Waals surface area (Å²) < 4.78 is 0. The fourth-order valence-electron chi connectivity index (χ4n) is 2.19. The highest BCUT2D eigenvalue weighted by molar-refractivity contribution is 7.38. The third-order valence-electron chi connectivity index (χ3n) is 3.41. The maximum absolute atomic E-state index is 7.23. The van der Waals surface area contributed by atoms with Crippen LogP contribution in [0, 0.1) is 0 Å². The van der Waals surface area contributed by atoms with E-state index in [0.717, 1.165) is 0 Å².